The van der Waals surface area contributed by atoms with Crippen molar-refractivity contribution >= 4 is 0 Å². The first-order chi connectivity index (χ1) is 7.85. The second-order valence-corrected chi connectivity index (χ2v) is 6.65. The molecule has 1 aliphatic rings. The summed E-state index contributed by atoms with van der Waals surface area (Å²) in [5.41, 5.74) is 0.504. The molecule has 1 aliphatic carbocycles. The van der Waals surface area contributed by atoms with Crippen LogP contribution in [0, 0.1) is 5.41 Å². The smallest absolute Gasteiger partial charge is 0.0251 e. The van der Waals surface area contributed by atoms with E-state index in [2.05, 4.69) is 57.2 Å². The molecular formula is C14H31N3. The third-order valence-corrected chi connectivity index (χ3v) is 4.20. The van der Waals surface area contributed by atoms with Crippen molar-refractivity contribution in [3.8, 4) is 0 Å². The van der Waals surface area contributed by atoms with Crippen LogP contribution in [-0.4, -0.2) is 63.2 Å². The maximum Gasteiger partial charge on any atom is 0.0251 e. The van der Waals surface area contributed by atoms with E-state index in [1.165, 1.54) is 19.3 Å². The zero-order chi connectivity index (χ0) is 13.1. The molecule has 1 fully saturated rings. The van der Waals surface area contributed by atoms with E-state index in [0.717, 1.165) is 13.1 Å². The predicted octanol–water partition coefficient (Wildman–Crippen LogP) is 1.65. The van der Waals surface area contributed by atoms with Crippen LogP contribution in [0.3, 0.4) is 0 Å². The van der Waals surface area contributed by atoms with Crippen LogP contribution in [0.1, 0.15) is 33.1 Å². The lowest BCUT2D eigenvalue weighted by atomic mass is 9.72. The molecule has 2 atom stereocenters. The van der Waals surface area contributed by atoms with E-state index in [4.69, 9.17) is 0 Å². The Kier molecular flexibility index (Phi) is 5.42. The standard InChI is InChI=1S/C14H31N3/c1-14(2)8-7-12(15-3)13(11-14)17(6)10-9-16(4)5/h12-13,15H,7-11H2,1-6H3. The first-order valence-corrected chi connectivity index (χ1v) is 6.88. The third-order valence-electron chi connectivity index (χ3n) is 4.20. The third kappa shape index (κ3) is 4.57. The molecule has 0 bridgehead atoms. The molecule has 0 aromatic heterocycles. The highest BCUT2D eigenvalue weighted by atomic mass is 15.2. The molecule has 0 radical (unpaired) electrons. The number of nitrogens with zero attached hydrogens (tertiary/aromatic N) is 2. The first kappa shape index (κ1) is 14.9. The van der Waals surface area contributed by atoms with Crippen molar-refractivity contribution in [3.63, 3.8) is 0 Å². The van der Waals surface area contributed by atoms with Crippen LogP contribution >= 0.6 is 0 Å². The van der Waals surface area contributed by atoms with E-state index in [0.29, 0.717) is 17.5 Å². The number of hydrogen-bond donors (Lipinski definition) is 1. The SMILES string of the molecule is CNC1CCC(C)(C)CC1N(C)CCN(C)C. The van der Waals surface area contributed by atoms with Crippen LogP contribution in [0.2, 0.25) is 0 Å². The summed E-state index contributed by atoms with van der Waals surface area (Å²) in [6, 6.07) is 1.35. The molecule has 0 aromatic carbocycles. The van der Waals surface area contributed by atoms with Crippen molar-refractivity contribution in [2.24, 2.45) is 5.41 Å². The molecule has 0 amide bonds. The van der Waals surface area contributed by atoms with Crippen molar-refractivity contribution in [3.05, 3.63) is 0 Å². The summed E-state index contributed by atoms with van der Waals surface area (Å²) in [5.74, 6) is 0. The van der Waals surface area contributed by atoms with Gasteiger partial charge in [0.05, 0.1) is 0 Å². The van der Waals surface area contributed by atoms with Crippen LogP contribution in [0.4, 0.5) is 0 Å². The molecule has 2 unspecified atom stereocenters. The summed E-state index contributed by atoms with van der Waals surface area (Å²) >= 11 is 0. The average Bonchev–Trinajstić information content (AvgIpc) is 2.24. The number of rotatable bonds is 5. The Morgan fingerprint density at radius 2 is 1.82 bits per heavy atom. The maximum atomic E-state index is 3.51. The molecule has 17 heavy (non-hydrogen) atoms. The number of nitrogens with one attached hydrogen (secondary N) is 1. The fraction of sp³-hybridized carbons (Fsp3) is 1.00. The Bertz CT molecular complexity index is 226. The number of likely N-dealkylation sites (N-methyl/N-ethyl adjacent to an activating group) is 3. The fourth-order valence-electron chi connectivity index (χ4n) is 2.87. The van der Waals surface area contributed by atoms with E-state index in [9.17, 15) is 0 Å². The minimum Gasteiger partial charge on any atom is -0.315 e. The normalized spacial score (nSPS) is 28.9. The van der Waals surface area contributed by atoms with Gasteiger partial charge in [0, 0.05) is 25.2 Å². The summed E-state index contributed by atoms with van der Waals surface area (Å²) in [4.78, 5) is 4.81. The van der Waals surface area contributed by atoms with E-state index in [1.54, 1.807) is 0 Å². The Balaban J connectivity index is 2.56. The second kappa shape index (κ2) is 6.17. The molecule has 3 heteroatoms. The highest BCUT2D eigenvalue weighted by molar-refractivity contribution is 4.93. The summed E-state index contributed by atoms with van der Waals surface area (Å²) in [6.07, 6.45) is 3.96. The van der Waals surface area contributed by atoms with Gasteiger partial charge in [-0.15, -0.1) is 0 Å². The summed E-state index contributed by atoms with van der Waals surface area (Å²) < 4.78 is 0. The van der Waals surface area contributed by atoms with Crippen molar-refractivity contribution < 1.29 is 0 Å². The summed E-state index contributed by atoms with van der Waals surface area (Å²) in [7, 11) is 8.68. The van der Waals surface area contributed by atoms with Gasteiger partial charge < -0.3 is 15.1 Å². The minimum atomic E-state index is 0.504. The summed E-state index contributed by atoms with van der Waals surface area (Å²) in [6.45, 7) is 7.12. The van der Waals surface area contributed by atoms with Crippen LogP contribution in [0.5, 0.6) is 0 Å². The molecule has 0 saturated heterocycles. The van der Waals surface area contributed by atoms with E-state index in [-0.39, 0.29) is 0 Å². The van der Waals surface area contributed by atoms with Gasteiger partial charge in [-0.3, -0.25) is 0 Å². The van der Waals surface area contributed by atoms with Crippen LogP contribution in [0.25, 0.3) is 0 Å². The van der Waals surface area contributed by atoms with Crippen LogP contribution in [-0.2, 0) is 0 Å². The lowest BCUT2D eigenvalue weighted by molar-refractivity contribution is 0.0807. The average molecular weight is 241 g/mol. The maximum absolute atomic E-state index is 3.51. The zero-order valence-corrected chi connectivity index (χ0v) is 12.6. The van der Waals surface area contributed by atoms with Gasteiger partial charge in [-0.1, -0.05) is 13.8 Å². The molecule has 1 N–H and O–H groups in total. The molecular weight excluding hydrogens is 210 g/mol. The highest BCUT2D eigenvalue weighted by Gasteiger charge is 2.35. The lowest BCUT2D eigenvalue weighted by Crippen LogP contribution is -2.53. The number of hydrogen-bond acceptors (Lipinski definition) is 3. The predicted molar refractivity (Wildman–Crippen MR) is 75.5 cm³/mol. The van der Waals surface area contributed by atoms with E-state index >= 15 is 0 Å². The highest BCUT2D eigenvalue weighted by Crippen LogP contribution is 2.37. The molecule has 1 rings (SSSR count). The fourth-order valence-corrected chi connectivity index (χ4v) is 2.87. The van der Waals surface area contributed by atoms with Gasteiger partial charge in [-0.05, 0) is 52.9 Å². The monoisotopic (exact) mass is 241 g/mol. The molecule has 0 aromatic rings. The Hall–Kier alpha value is -0.120. The Morgan fingerprint density at radius 3 is 2.35 bits per heavy atom. The lowest BCUT2D eigenvalue weighted by Gasteiger charge is -2.45. The molecule has 0 spiro atoms. The minimum absolute atomic E-state index is 0.504. The van der Waals surface area contributed by atoms with Gasteiger partial charge in [-0.2, -0.15) is 0 Å². The van der Waals surface area contributed by atoms with Crippen molar-refractivity contribution in [1.29, 1.82) is 0 Å². The summed E-state index contributed by atoms with van der Waals surface area (Å²) in [5, 5.41) is 3.51. The molecule has 1 saturated carbocycles. The van der Waals surface area contributed by atoms with Crippen LogP contribution in [0.15, 0.2) is 0 Å². The van der Waals surface area contributed by atoms with Gasteiger partial charge in [0.2, 0.25) is 0 Å². The van der Waals surface area contributed by atoms with E-state index in [1.807, 2.05) is 0 Å². The van der Waals surface area contributed by atoms with Gasteiger partial charge in [0.15, 0.2) is 0 Å². The van der Waals surface area contributed by atoms with Crippen molar-refractivity contribution in [2.45, 2.75) is 45.2 Å². The van der Waals surface area contributed by atoms with Crippen molar-refractivity contribution in [1.82, 2.24) is 15.1 Å². The van der Waals surface area contributed by atoms with Gasteiger partial charge >= 0.3 is 0 Å². The Labute approximate surface area is 108 Å². The molecule has 0 aliphatic heterocycles. The second-order valence-electron chi connectivity index (χ2n) is 6.65. The van der Waals surface area contributed by atoms with Gasteiger partial charge in [0.1, 0.15) is 0 Å². The van der Waals surface area contributed by atoms with Gasteiger partial charge in [0.25, 0.3) is 0 Å². The quantitative estimate of drug-likeness (QED) is 0.789. The molecule has 102 valence electrons. The molecule has 0 heterocycles. The topological polar surface area (TPSA) is 18.5 Å². The largest absolute Gasteiger partial charge is 0.315 e. The van der Waals surface area contributed by atoms with Crippen molar-refractivity contribution in [2.75, 3.05) is 41.3 Å². The first-order valence-electron chi connectivity index (χ1n) is 6.88. The van der Waals surface area contributed by atoms with Crippen LogP contribution < -0.4 is 5.32 Å². The van der Waals surface area contributed by atoms with E-state index < -0.39 is 0 Å². The van der Waals surface area contributed by atoms with Gasteiger partial charge in [-0.25, -0.2) is 0 Å². The Morgan fingerprint density at radius 1 is 1.18 bits per heavy atom. The molecule has 3 nitrogen and oxygen atoms in total. The zero-order valence-electron chi connectivity index (χ0n) is 12.6.